The van der Waals surface area contributed by atoms with E-state index in [0.717, 1.165) is 5.56 Å². The highest BCUT2D eigenvalue weighted by Gasteiger charge is 2.66. The molecule has 238 valence electrons. The zero-order valence-corrected chi connectivity index (χ0v) is 26.9. The lowest BCUT2D eigenvalue weighted by molar-refractivity contribution is -0.153. The van der Waals surface area contributed by atoms with Gasteiger partial charge in [0.15, 0.2) is 20.1 Å². The molecule has 0 bridgehead atoms. The van der Waals surface area contributed by atoms with Gasteiger partial charge in [0.2, 0.25) is 5.91 Å². The van der Waals surface area contributed by atoms with Gasteiger partial charge in [0.05, 0.1) is 30.5 Å². The monoisotopic (exact) mass is 633 g/mol. The summed E-state index contributed by atoms with van der Waals surface area (Å²) in [6, 6.07) is 15.1. The molecule has 3 aromatic rings. The molecule has 2 saturated heterocycles. The first-order valence-corrected chi connectivity index (χ1v) is 18.4. The van der Waals surface area contributed by atoms with Crippen LogP contribution in [0.3, 0.4) is 0 Å². The fourth-order valence-corrected chi connectivity index (χ4v) is 9.93. The van der Waals surface area contributed by atoms with Gasteiger partial charge in [0, 0.05) is 55.4 Å². The van der Waals surface area contributed by atoms with Crippen LogP contribution in [0.1, 0.15) is 43.5 Å². The smallest absolute Gasteiger partial charge is 0.304 e. The van der Waals surface area contributed by atoms with Gasteiger partial charge in [-0.3, -0.25) is 24.0 Å². The number of ether oxygens (including phenoxy) is 2. The van der Waals surface area contributed by atoms with Crippen molar-refractivity contribution in [3.8, 4) is 0 Å². The zero-order chi connectivity index (χ0) is 32.1. The summed E-state index contributed by atoms with van der Waals surface area (Å²) in [6.07, 6.45) is 1.58. The minimum atomic E-state index is -2.90. The van der Waals surface area contributed by atoms with Gasteiger partial charge in [0.1, 0.15) is 0 Å². The second-order valence-electron chi connectivity index (χ2n) is 12.7. The van der Waals surface area contributed by atoms with E-state index in [0.29, 0.717) is 48.6 Å². The normalized spacial score (nSPS) is 26.0. The van der Waals surface area contributed by atoms with Crippen LogP contribution in [0.15, 0.2) is 54.7 Å². The zero-order valence-electron chi connectivity index (χ0n) is 25.9. The van der Waals surface area contributed by atoms with Crippen molar-refractivity contribution in [2.24, 2.45) is 5.92 Å². The third-order valence-corrected chi connectivity index (χ3v) is 11.7. The number of β-lactam (4-membered cyclic amide) rings is 1. The molecule has 13 heteroatoms. The van der Waals surface area contributed by atoms with Crippen molar-refractivity contribution >= 4 is 37.5 Å². The summed E-state index contributed by atoms with van der Waals surface area (Å²) >= 11 is 0. The van der Waals surface area contributed by atoms with E-state index in [1.54, 1.807) is 21.8 Å². The minimum absolute atomic E-state index is 0.0233. The number of amides is 2. The number of anilines is 2. The first kappa shape index (κ1) is 31.1. The van der Waals surface area contributed by atoms with E-state index in [9.17, 15) is 24.3 Å². The summed E-state index contributed by atoms with van der Waals surface area (Å²) in [4.78, 5) is 54.0. The topological polar surface area (TPSA) is 147 Å². The molecule has 2 aromatic carbocycles. The molecule has 4 heterocycles. The lowest BCUT2D eigenvalue weighted by atomic mass is 9.82. The molecule has 3 aliphatic heterocycles. The number of hydrogen-bond donors (Lipinski definition) is 2. The number of fused-ring (bicyclic) bond motifs is 2. The van der Waals surface area contributed by atoms with Gasteiger partial charge in [-0.1, -0.05) is 42.5 Å². The van der Waals surface area contributed by atoms with Crippen LogP contribution >= 0.6 is 0 Å². The fraction of sp³-hybridized carbons (Fsp3) is 0.469. The summed E-state index contributed by atoms with van der Waals surface area (Å²) < 4.78 is 14.0. The Balaban J connectivity index is 1.40. The molecule has 12 nitrogen and oxygen atoms in total. The van der Waals surface area contributed by atoms with Crippen molar-refractivity contribution in [2.75, 3.05) is 16.4 Å². The number of hydrogen-bond acceptors (Lipinski definition) is 9. The van der Waals surface area contributed by atoms with Crippen LogP contribution in [-0.4, -0.2) is 69.9 Å². The maximum absolute atomic E-state index is 14.7. The minimum Gasteiger partial charge on any atom is -0.441 e. The number of aromatic nitrogens is 3. The van der Waals surface area contributed by atoms with E-state index in [4.69, 9.17) is 9.47 Å². The molecule has 2 N–H and O–H groups in total. The third-order valence-electron chi connectivity index (χ3n) is 9.23. The van der Waals surface area contributed by atoms with Crippen LogP contribution < -0.4 is 9.80 Å². The van der Waals surface area contributed by atoms with Crippen LogP contribution in [0.5, 0.6) is 0 Å². The van der Waals surface area contributed by atoms with Gasteiger partial charge in [-0.05, 0) is 43.3 Å². The Labute approximate surface area is 262 Å². The molecule has 3 aliphatic rings. The molecule has 1 aromatic heterocycles. The van der Waals surface area contributed by atoms with Crippen molar-refractivity contribution in [2.45, 2.75) is 82.8 Å². The second kappa shape index (κ2) is 11.8. The van der Waals surface area contributed by atoms with Crippen molar-refractivity contribution < 1.29 is 33.8 Å². The van der Waals surface area contributed by atoms with E-state index in [-0.39, 0.29) is 30.4 Å². The highest BCUT2D eigenvalue weighted by atomic mass is 28.4. The highest BCUT2D eigenvalue weighted by Crippen LogP contribution is 2.60. The Morgan fingerprint density at radius 3 is 2.60 bits per heavy atom. The van der Waals surface area contributed by atoms with Gasteiger partial charge in [0.25, 0.3) is 5.91 Å². The molecule has 1 spiro atoms. The lowest BCUT2D eigenvalue weighted by Gasteiger charge is -2.39. The number of nitrogens with zero attached hydrogens (tertiary/aromatic N) is 5. The predicted octanol–water partition coefficient (Wildman–Crippen LogP) is 2.87. The Morgan fingerprint density at radius 2 is 1.93 bits per heavy atom. The molecular formula is C32H39N5O7Si. The predicted molar refractivity (Wildman–Crippen MR) is 166 cm³/mol. The fourth-order valence-electron chi connectivity index (χ4n) is 7.33. The Bertz CT molecular complexity index is 1610. The van der Waals surface area contributed by atoms with Crippen LogP contribution in [0.25, 0.3) is 0 Å². The van der Waals surface area contributed by atoms with E-state index in [1.807, 2.05) is 62.5 Å². The summed E-state index contributed by atoms with van der Waals surface area (Å²) in [5, 5.41) is 17.6. The summed E-state index contributed by atoms with van der Waals surface area (Å²) in [6.45, 7) is 7.78. The number of aliphatic hydroxyl groups is 1. The van der Waals surface area contributed by atoms with Crippen LogP contribution in [0.4, 0.5) is 11.4 Å². The van der Waals surface area contributed by atoms with Crippen molar-refractivity contribution in [1.29, 1.82) is 0 Å². The second-order valence-corrected chi connectivity index (χ2v) is 16.7. The molecular weight excluding hydrogens is 594 g/mol. The Hall–Kier alpha value is -3.91. The van der Waals surface area contributed by atoms with E-state index in [2.05, 4.69) is 10.3 Å². The Morgan fingerprint density at radius 1 is 1.18 bits per heavy atom. The summed E-state index contributed by atoms with van der Waals surface area (Å²) in [5.74, 6) is -1.28. The van der Waals surface area contributed by atoms with Gasteiger partial charge in [-0.25, -0.2) is 0 Å². The summed E-state index contributed by atoms with van der Waals surface area (Å²) in [5.41, 5.74) is 1.75. The van der Waals surface area contributed by atoms with Crippen LogP contribution in [0.2, 0.25) is 18.6 Å². The molecule has 0 radical (unpaired) electrons. The maximum Gasteiger partial charge on any atom is 0.304 e. The molecule has 2 fully saturated rings. The Kier molecular flexibility index (Phi) is 8.14. The molecule has 5 atom stereocenters. The van der Waals surface area contributed by atoms with Crippen LogP contribution in [-0.2, 0) is 49.0 Å². The number of esters is 1. The number of rotatable bonds is 10. The van der Waals surface area contributed by atoms with E-state index < -0.39 is 38.1 Å². The van der Waals surface area contributed by atoms with Crippen molar-refractivity contribution in [3.63, 3.8) is 0 Å². The molecule has 45 heavy (non-hydrogen) atoms. The average Bonchev–Trinajstić information content (AvgIpc) is 3.62. The van der Waals surface area contributed by atoms with Crippen molar-refractivity contribution in [3.05, 3.63) is 71.5 Å². The number of carbonyl (C=O) groups excluding carboxylic acids is 3. The van der Waals surface area contributed by atoms with Gasteiger partial charge in [-0.2, -0.15) is 0 Å². The quantitative estimate of drug-likeness (QED) is 0.195. The highest BCUT2D eigenvalue weighted by molar-refractivity contribution is 6.71. The molecule has 0 aliphatic carbocycles. The molecule has 0 saturated carbocycles. The SMILES string of the molecule is CC(=O)OC1CC(=O)N1c1ccc2c(c1)[C@@]1(O[C@H](CCn3cc(CCO)nn3)[C@@H]([Si](C)(C)O)[C@@H]1C)C(=O)N2Cc1ccccc1. The van der Waals surface area contributed by atoms with Gasteiger partial charge in [-0.15, -0.1) is 5.10 Å². The average molecular weight is 634 g/mol. The van der Waals surface area contributed by atoms with Crippen molar-refractivity contribution in [1.82, 2.24) is 15.0 Å². The largest absolute Gasteiger partial charge is 0.441 e. The standard InChI is InChI=1S/C32H39N5O7Si/c1-20-30(45(3,4)42)27(12-14-35-19-23(13-15-38)33-34-35)44-32(20)25-16-24(37-28(40)17-29(37)43-21(2)39)10-11-26(25)36(31(32)41)18-22-8-6-5-7-9-22/h5-11,16,19-20,27,29-30,38,42H,12-15,17-18H2,1-4H3/t20-,27+,29?,30-,32+/m0/s1. The lowest BCUT2D eigenvalue weighted by Crippen LogP contribution is -2.55. The number of carbonyl (C=O) groups is 3. The van der Waals surface area contributed by atoms with Gasteiger partial charge >= 0.3 is 5.97 Å². The number of benzene rings is 2. The summed E-state index contributed by atoms with van der Waals surface area (Å²) in [7, 11) is -2.90. The van der Waals surface area contributed by atoms with E-state index in [1.165, 1.54) is 11.8 Å². The number of aliphatic hydroxyl groups excluding tert-OH is 1. The maximum atomic E-state index is 14.7. The van der Waals surface area contributed by atoms with E-state index >= 15 is 0 Å². The molecule has 6 rings (SSSR count). The first-order chi connectivity index (χ1) is 21.4. The van der Waals surface area contributed by atoms with Gasteiger partial charge < -0.3 is 24.3 Å². The van der Waals surface area contributed by atoms with Crippen LogP contribution in [0, 0.1) is 5.92 Å². The first-order valence-electron chi connectivity index (χ1n) is 15.3. The molecule has 2 amide bonds. The number of aryl methyl sites for hydroxylation is 1. The third kappa shape index (κ3) is 5.47. The molecule has 1 unspecified atom stereocenters.